The molecule has 0 unspecified atom stereocenters. The van der Waals surface area contributed by atoms with E-state index in [-0.39, 0.29) is 5.41 Å². The first-order chi connectivity index (χ1) is 23.6. The van der Waals surface area contributed by atoms with Crippen molar-refractivity contribution >= 4 is 13.3 Å². The Balaban J connectivity index is 1.19. The Morgan fingerprint density at radius 2 is 0.857 bits per heavy atom. The van der Waals surface area contributed by atoms with E-state index in [1.54, 1.807) is 0 Å². The molecule has 7 aromatic rings. The van der Waals surface area contributed by atoms with Gasteiger partial charge in [0.2, 0.25) is 0 Å². The number of aromatic nitrogens is 3. The minimum atomic E-state index is -1.53. The topological polar surface area (TPSA) is 38.7 Å². The molecule has 0 radical (unpaired) electrons. The van der Waals surface area contributed by atoms with Crippen LogP contribution in [0.15, 0.2) is 146 Å². The zero-order valence-electron chi connectivity index (χ0n) is 28.7. The van der Waals surface area contributed by atoms with Crippen molar-refractivity contribution in [3.05, 3.63) is 157 Å². The summed E-state index contributed by atoms with van der Waals surface area (Å²) in [5, 5.41) is 1.38. The van der Waals surface area contributed by atoms with Gasteiger partial charge in [-0.25, -0.2) is 15.0 Å². The third kappa shape index (κ3) is 5.72. The average Bonchev–Trinajstić information content (AvgIpc) is 3.37. The lowest BCUT2D eigenvalue weighted by atomic mass is 9.81. The van der Waals surface area contributed by atoms with Crippen LogP contribution in [0, 0.1) is 0 Å². The molecular formula is C45H39N3Si. The highest BCUT2D eigenvalue weighted by molar-refractivity contribution is 6.88. The van der Waals surface area contributed by atoms with Gasteiger partial charge in [-0.05, 0) is 62.7 Å². The first-order valence-corrected chi connectivity index (χ1v) is 20.5. The summed E-state index contributed by atoms with van der Waals surface area (Å²) in [5.74, 6) is 2.03. The van der Waals surface area contributed by atoms with E-state index in [9.17, 15) is 0 Å². The molecule has 0 saturated heterocycles. The molecule has 1 aromatic heterocycles. The molecule has 0 aliphatic heterocycles. The summed E-state index contributed by atoms with van der Waals surface area (Å²) in [7, 11) is -1.53. The lowest BCUT2D eigenvalue weighted by Crippen LogP contribution is -2.37. The molecule has 0 fully saturated rings. The molecule has 0 spiro atoms. The molecule has 238 valence electrons. The van der Waals surface area contributed by atoms with Gasteiger partial charge in [0.05, 0.1) is 8.07 Å². The second kappa shape index (κ2) is 11.9. The molecule has 0 bridgehead atoms. The van der Waals surface area contributed by atoms with E-state index in [1.165, 1.54) is 38.6 Å². The Kier molecular flexibility index (Phi) is 7.50. The maximum atomic E-state index is 5.08. The Labute approximate surface area is 290 Å². The van der Waals surface area contributed by atoms with Crippen molar-refractivity contribution in [2.45, 2.75) is 38.9 Å². The Bertz CT molecular complexity index is 2350. The highest BCUT2D eigenvalue weighted by Gasteiger charge is 2.35. The van der Waals surface area contributed by atoms with Gasteiger partial charge >= 0.3 is 0 Å². The first-order valence-electron chi connectivity index (χ1n) is 17.0. The number of fused-ring (bicyclic) bond motifs is 3. The maximum Gasteiger partial charge on any atom is 0.164 e. The average molecular weight is 650 g/mol. The summed E-state index contributed by atoms with van der Waals surface area (Å²) in [4.78, 5) is 15.1. The van der Waals surface area contributed by atoms with E-state index in [4.69, 9.17) is 15.0 Å². The minimum absolute atomic E-state index is 0.0358. The number of benzene rings is 6. The fourth-order valence-corrected chi connectivity index (χ4v) is 8.26. The second-order valence-corrected chi connectivity index (χ2v) is 19.7. The van der Waals surface area contributed by atoms with Crippen LogP contribution in [-0.2, 0) is 5.41 Å². The third-order valence-corrected chi connectivity index (χ3v) is 11.9. The molecule has 4 heteroatoms. The quantitative estimate of drug-likeness (QED) is 0.168. The normalized spacial score (nSPS) is 13.2. The van der Waals surface area contributed by atoms with Crippen LogP contribution in [0.5, 0.6) is 0 Å². The van der Waals surface area contributed by atoms with E-state index in [1.807, 2.05) is 18.2 Å². The molecule has 1 aliphatic carbocycles. The Morgan fingerprint density at radius 1 is 0.388 bits per heavy atom. The van der Waals surface area contributed by atoms with Gasteiger partial charge in [0, 0.05) is 22.1 Å². The van der Waals surface area contributed by atoms with Crippen molar-refractivity contribution in [3.8, 4) is 67.5 Å². The predicted octanol–water partition coefficient (Wildman–Crippen LogP) is 11.1. The lowest BCUT2D eigenvalue weighted by molar-refractivity contribution is 0.660. The van der Waals surface area contributed by atoms with Crippen molar-refractivity contribution in [2.24, 2.45) is 0 Å². The highest BCUT2D eigenvalue weighted by Crippen LogP contribution is 2.49. The molecule has 0 amide bonds. The van der Waals surface area contributed by atoms with E-state index in [0.717, 1.165) is 27.8 Å². The Morgan fingerprint density at radius 3 is 1.51 bits per heavy atom. The first kappa shape index (κ1) is 30.9. The van der Waals surface area contributed by atoms with Crippen LogP contribution in [0.2, 0.25) is 19.6 Å². The van der Waals surface area contributed by atoms with Gasteiger partial charge in [0.1, 0.15) is 0 Å². The molecular weight excluding hydrogens is 611 g/mol. The van der Waals surface area contributed by atoms with Crippen molar-refractivity contribution in [2.75, 3.05) is 0 Å². The summed E-state index contributed by atoms with van der Waals surface area (Å²) in [6, 6.07) is 52.1. The summed E-state index contributed by atoms with van der Waals surface area (Å²) < 4.78 is 0. The molecule has 3 nitrogen and oxygen atoms in total. The van der Waals surface area contributed by atoms with Crippen LogP contribution < -0.4 is 5.19 Å². The fraction of sp³-hybridized carbons (Fsp3) is 0.133. The zero-order valence-corrected chi connectivity index (χ0v) is 29.7. The predicted molar refractivity (Wildman–Crippen MR) is 208 cm³/mol. The van der Waals surface area contributed by atoms with E-state index in [0.29, 0.717) is 17.5 Å². The van der Waals surface area contributed by atoms with Gasteiger partial charge in [-0.3, -0.25) is 0 Å². The molecule has 0 atom stereocenters. The van der Waals surface area contributed by atoms with Gasteiger partial charge in [-0.1, -0.05) is 166 Å². The number of hydrogen-bond acceptors (Lipinski definition) is 3. The molecule has 8 rings (SSSR count). The van der Waals surface area contributed by atoms with Gasteiger partial charge in [0.25, 0.3) is 0 Å². The molecule has 1 aliphatic rings. The zero-order chi connectivity index (χ0) is 33.8. The van der Waals surface area contributed by atoms with Crippen molar-refractivity contribution < 1.29 is 0 Å². The van der Waals surface area contributed by atoms with Gasteiger partial charge in [-0.2, -0.15) is 0 Å². The van der Waals surface area contributed by atoms with Crippen LogP contribution >= 0.6 is 0 Å². The van der Waals surface area contributed by atoms with Crippen molar-refractivity contribution in [3.63, 3.8) is 0 Å². The van der Waals surface area contributed by atoms with Gasteiger partial charge in [0.15, 0.2) is 17.5 Å². The van der Waals surface area contributed by atoms with Crippen LogP contribution in [-0.4, -0.2) is 23.0 Å². The minimum Gasteiger partial charge on any atom is -0.208 e. The van der Waals surface area contributed by atoms with Crippen LogP contribution in [0.25, 0.3) is 67.5 Å². The maximum absolute atomic E-state index is 5.08. The largest absolute Gasteiger partial charge is 0.208 e. The van der Waals surface area contributed by atoms with Crippen LogP contribution in [0.3, 0.4) is 0 Å². The van der Waals surface area contributed by atoms with Crippen molar-refractivity contribution in [1.82, 2.24) is 15.0 Å². The summed E-state index contributed by atoms with van der Waals surface area (Å²) >= 11 is 0. The monoisotopic (exact) mass is 649 g/mol. The Hall–Kier alpha value is -5.45. The third-order valence-electron chi connectivity index (χ3n) is 9.89. The van der Waals surface area contributed by atoms with Crippen molar-refractivity contribution in [1.29, 1.82) is 0 Å². The van der Waals surface area contributed by atoms with E-state index >= 15 is 0 Å². The molecule has 6 aromatic carbocycles. The molecule has 0 saturated carbocycles. The number of hydrogen-bond donors (Lipinski definition) is 0. The standard InChI is InChI=1S/C45H39N3Si/c1-45(2)40-23-10-9-22-38(40)39-25-24-34(29-41(39)45)32-17-11-16-31(26-32)33-18-12-19-35(27-33)43-46-42(30-14-7-6-8-15-30)47-44(48-43)36-20-13-21-37(28-36)49(3,4)5/h6-29H,1-5H3. The molecule has 49 heavy (non-hydrogen) atoms. The second-order valence-electron chi connectivity index (χ2n) is 14.6. The van der Waals surface area contributed by atoms with E-state index < -0.39 is 8.07 Å². The SMILES string of the molecule is CC1(C)c2ccccc2-c2ccc(-c3cccc(-c4cccc(-c5nc(-c6ccccc6)nc(-c6cccc([Si](C)(C)C)c6)n5)c4)c3)cc21. The van der Waals surface area contributed by atoms with Crippen LogP contribution in [0.4, 0.5) is 0 Å². The summed E-state index contributed by atoms with van der Waals surface area (Å²) in [6.07, 6.45) is 0. The smallest absolute Gasteiger partial charge is 0.164 e. The fourth-order valence-electron chi connectivity index (χ4n) is 7.08. The van der Waals surface area contributed by atoms with Crippen LogP contribution in [0.1, 0.15) is 25.0 Å². The summed E-state index contributed by atoms with van der Waals surface area (Å²) in [6.45, 7) is 11.8. The molecule has 0 N–H and O–H groups in total. The lowest BCUT2D eigenvalue weighted by Gasteiger charge is -2.22. The molecule has 1 heterocycles. The highest BCUT2D eigenvalue weighted by atomic mass is 28.3. The van der Waals surface area contributed by atoms with E-state index in [2.05, 4.69) is 161 Å². The number of rotatable bonds is 6. The summed E-state index contributed by atoms with van der Waals surface area (Å²) in [5.41, 5.74) is 13.1. The number of nitrogens with zero attached hydrogens (tertiary/aromatic N) is 3. The van der Waals surface area contributed by atoms with Gasteiger partial charge in [-0.15, -0.1) is 0 Å². The van der Waals surface area contributed by atoms with Gasteiger partial charge < -0.3 is 0 Å².